The molecule has 3 rings (SSSR count). The highest BCUT2D eigenvalue weighted by Gasteiger charge is 2.27. The Morgan fingerprint density at radius 2 is 2.13 bits per heavy atom. The zero-order chi connectivity index (χ0) is 10.3. The third-order valence-corrected chi connectivity index (χ3v) is 3.04. The molecule has 1 aliphatic heterocycles. The number of hydrogen-bond acceptors (Lipinski definition) is 3. The Labute approximate surface area is 89.6 Å². The van der Waals surface area contributed by atoms with Gasteiger partial charge in [0, 0.05) is 17.8 Å². The molecule has 15 heavy (non-hydrogen) atoms. The molecule has 0 bridgehead atoms. The summed E-state index contributed by atoms with van der Waals surface area (Å²) >= 11 is 0. The predicted molar refractivity (Wildman–Crippen MR) is 60.0 cm³/mol. The third kappa shape index (κ3) is 1.92. The van der Waals surface area contributed by atoms with Crippen molar-refractivity contribution in [2.24, 2.45) is 0 Å². The van der Waals surface area contributed by atoms with Crippen LogP contribution < -0.4 is 15.8 Å². The van der Waals surface area contributed by atoms with E-state index in [-0.39, 0.29) is 0 Å². The largest absolute Gasteiger partial charge is 0.492 e. The summed E-state index contributed by atoms with van der Waals surface area (Å²) in [5, 5.41) is 3.59. The molecule has 3 nitrogen and oxygen atoms in total. The van der Waals surface area contributed by atoms with Gasteiger partial charge in [-0.15, -0.1) is 0 Å². The number of rotatable bonds is 2. The summed E-state index contributed by atoms with van der Waals surface area (Å²) in [4.78, 5) is 0. The molecule has 0 saturated heterocycles. The number of anilines is 1. The lowest BCUT2D eigenvalue weighted by Crippen LogP contribution is -2.40. The second kappa shape index (κ2) is 3.42. The zero-order valence-electron chi connectivity index (χ0n) is 8.70. The van der Waals surface area contributed by atoms with Crippen molar-refractivity contribution < 1.29 is 4.74 Å². The van der Waals surface area contributed by atoms with Crippen molar-refractivity contribution in [3.05, 3.63) is 23.8 Å². The number of nitrogen functional groups attached to an aromatic ring is 1. The molecule has 1 heterocycles. The summed E-state index contributed by atoms with van der Waals surface area (Å²) in [7, 11) is 0. The summed E-state index contributed by atoms with van der Waals surface area (Å²) in [5.41, 5.74) is 7.82. The van der Waals surface area contributed by atoms with Crippen molar-refractivity contribution in [1.29, 1.82) is 0 Å². The van der Waals surface area contributed by atoms with Gasteiger partial charge in [0.2, 0.25) is 0 Å². The van der Waals surface area contributed by atoms with Crippen LogP contribution in [-0.2, 0) is 6.42 Å². The Bertz CT molecular complexity index is 374. The molecule has 3 N–H and O–H groups in total. The Kier molecular flexibility index (Phi) is 2.06. The van der Waals surface area contributed by atoms with Gasteiger partial charge < -0.3 is 15.8 Å². The van der Waals surface area contributed by atoms with Crippen LogP contribution >= 0.6 is 0 Å². The van der Waals surface area contributed by atoms with E-state index >= 15 is 0 Å². The van der Waals surface area contributed by atoms with Crippen LogP contribution in [0.4, 0.5) is 5.69 Å². The molecule has 1 aromatic carbocycles. The Balaban J connectivity index is 1.75. The summed E-state index contributed by atoms with van der Waals surface area (Å²) in [6, 6.07) is 7.09. The van der Waals surface area contributed by atoms with Gasteiger partial charge in [0.25, 0.3) is 0 Å². The van der Waals surface area contributed by atoms with Crippen molar-refractivity contribution >= 4 is 5.69 Å². The number of ether oxygens (including phenoxy) is 1. The van der Waals surface area contributed by atoms with Crippen LogP contribution in [0.1, 0.15) is 18.4 Å². The van der Waals surface area contributed by atoms with Crippen molar-refractivity contribution in [3.8, 4) is 5.75 Å². The highest BCUT2D eigenvalue weighted by atomic mass is 16.5. The van der Waals surface area contributed by atoms with Crippen LogP contribution in [-0.4, -0.2) is 18.7 Å². The molecule has 1 fully saturated rings. The smallest absolute Gasteiger partial charge is 0.122 e. The molecular formula is C12H16N2O. The highest BCUT2D eigenvalue weighted by Crippen LogP contribution is 2.28. The standard InChI is InChI=1S/C12H16N2O/c13-9-1-4-12-8(5-9)6-11(7-15-12)14-10-2-3-10/h1,4-5,10-11,14H,2-3,6-7,13H2. The predicted octanol–water partition coefficient (Wildman–Crippen LogP) is 1.32. The van der Waals surface area contributed by atoms with Crippen molar-refractivity contribution in [1.82, 2.24) is 5.32 Å². The molecule has 0 radical (unpaired) electrons. The molecule has 3 heteroatoms. The van der Waals surface area contributed by atoms with Gasteiger partial charge >= 0.3 is 0 Å². The van der Waals surface area contributed by atoms with Crippen LogP contribution in [0.5, 0.6) is 5.75 Å². The first kappa shape index (κ1) is 9.04. The Hall–Kier alpha value is -1.22. The lowest BCUT2D eigenvalue weighted by Gasteiger charge is -2.26. The zero-order valence-corrected chi connectivity index (χ0v) is 8.70. The van der Waals surface area contributed by atoms with E-state index in [9.17, 15) is 0 Å². The van der Waals surface area contributed by atoms with Gasteiger partial charge in [-0.05, 0) is 43.0 Å². The van der Waals surface area contributed by atoms with Gasteiger partial charge in [0.05, 0.1) is 0 Å². The summed E-state index contributed by atoms with van der Waals surface area (Å²) in [6.07, 6.45) is 3.68. The first-order valence-corrected chi connectivity index (χ1v) is 5.58. The second-order valence-electron chi connectivity index (χ2n) is 4.52. The average molecular weight is 204 g/mol. The summed E-state index contributed by atoms with van der Waals surface area (Å²) < 4.78 is 5.70. The topological polar surface area (TPSA) is 47.3 Å². The van der Waals surface area contributed by atoms with Crippen molar-refractivity contribution in [2.75, 3.05) is 12.3 Å². The Morgan fingerprint density at radius 1 is 1.27 bits per heavy atom. The molecule has 0 amide bonds. The maximum atomic E-state index is 5.76. The molecule has 0 aromatic heterocycles. The molecule has 0 spiro atoms. The molecule has 1 aromatic rings. The molecular weight excluding hydrogens is 188 g/mol. The first-order valence-electron chi connectivity index (χ1n) is 5.58. The average Bonchev–Trinajstić information content (AvgIpc) is 3.01. The van der Waals surface area contributed by atoms with E-state index in [0.717, 1.165) is 30.5 Å². The van der Waals surface area contributed by atoms with Crippen molar-refractivity contribution in [3.63, 3.8) is 0 Å². The number of nitrogens with two attached hydrogens (primary N) is 1. The summed E-state index contributed by atoms with van der Waals surface area (Å²) in [6.45, 7) is 0.785. The normalized spacial score (nSPS) is 24.4. The molecule has 80 valence electrons. The second-order valence-corrected chi connectivity index (χ2v) is 4.52. The SMILES string of the molecule is Nc1ccc2c(c1)CC(NC1CC1)CO2. The number of hydrogen-bond donors (Lipinski definition) is 2. The van der Waals surface area contributed by atoms with Gasteiger partial charge in [0.1, 0.15) is 12.4 Å². The van der Waals surface area contributed by atoms with E-state index in [0.29, 0.717) is 6.04 Å². The lowest BCUT2D eigenvalue weighted by atomic mass is 10.0. The minimum absolute atomic E-state index is 0.465. The van der Waals surface area contributed by atoms with E-state index in [1.54, 1.807) is 0 Å². The maximum absolute atomic E-state index is 5.76. The van der Waals surface area contributed by atoms with E-state index in [4.69, 9.17) is 10.5 Å². The fourth-order valence-electron chi connectivity index (χ4n) is 2.10. The first-order chi connectivity index (χ1) is 7.31. The lowest BCUT2D eigenvalue weighted by molar-refractivity contribution is 0.238. The molecule has 2 aliphatic rings. The molecule has 1 unspecified atom stereocenters. The van der Waals surface area contributed by atoms with Gasteiger partial charge in [-0.3, -0.25) is 0 Å². The van der Waals surface area contributed by atoms with E-state index in [2.05, 4.69) is 5.32 Å². The summed E-state index contributed by atoms with van der Waals surface area (Å²) in [5.74, 6) is 0.998. The fraction of sp³-hybridized carbons (Fsp3) is 0.500. The minimum Gasteiger partial charge on any atom is -0.492 e. The fourth-order valence-corrected chi connectivity index (χ4v) is 2.10. The maximum Gasteiger partial charge on any atom is 0.122 e. The number of fused-ring (bicyclic) bond motifs is 1. The number of nitrogens with one attached hydrogen (secondary N) is 1. The van der Waals surface area contributed by atoms with Crippen LogP contribution in [0.15, 0.2) is 18.2 Å². The van der Waals surface area contributed by atoms with Crippen LogP contribution in [0.3, 0.4) is 0 Å². The van der Waals surface area contributed by atoms with Gasteiger partial charge in [0.15, 0.2) is 0 Å². The van der Waals surface area contributed by atoms with Crippen LogP contribution in [0.25, 0.3) is 0 Å². The third-order valence-electron chi connectivity index (χ3n) is 3.04. The van der Waals surface area contributed by atoms with Crippen molar-refractivity contribution in [2.45, 2.75) is 31.3 Å². The van der Waals surface area contributed by atoms with E-state index in [1.807, 2.05) is 18.2 Å². The van der Waals surface area contributed by atoms with Crippen LogP contribution in [0.2, 0.25) is 0 Å². The molecule has 1 saturated carbocycles. The molecule has 1 atom stereocenters. The Morgan fingerprint density at radius 3 is 2.93 bits per heavy atom. The number of benzene rings is 1. The van der Waals surface area contributed by atoms with Gasteiger partial charge in [-0.2, -0.15) is 0 Å². The monoisotopic (exact) mass is 204 g/mol. The highest BCUT2D eigenvalue weighted by molar-refractivity contribution is 5.48. The van der Waals surface area contributed by atoms with E-state index < -0.39 is 0 Å². The van der Waals surface area contributed by atoms with E-state index in [1.165, 1.54) is 18.4 Å². The quantitative estimate of drug-likeness (QED) is 0.714. The minimum atomic E-state index is 0.465. The van der Waals surface area contributed by atoms with Gasteiger partial charge in [-0.1, -0.05) is 0 Å². The molecule has 1 aliphatic carbocycles. The van der Waals surface area contributed by atoms with Gasteiger partial charge in [-0.25, -0.2) is 0 Å². The van der Waals surface area contributed by atoms with Crippen LogP contribution in [0, 0.1) is 0 Å².